The van der Waals surface area contributed by atoms with E-state index in [1.54, 1.807) is 59.7 Å². The number of aromatic nitrogens is 2. The number of benzene rings is 1. The predicted molar refractivity (Wildman–Crippen MR) is 85.4 cm³/mol. The number of nitrogens with zero attached hydrogens (tertiary/aromatic N) is 3. The first kappa shape index (κ1) is 15.6. The molecule has 0 fully saturated rings. The molecule has 120 valence electrons. The van der Waals surface area contributed by atoms with Crippen LogP contribution in [-0.4, -0.2) is 22.4 Å². The van der Waals surface area contributed by atoms with Crippen molar-refractivity contribution >= 4 is 5.97 Å². The maximum Gasteiger partial charge on any atom is 0.338 e. The van der Waals surface area contributed by atoms with E-state index in [-0.39, 0.29) is 6.61 Å². The molecular weight excluding hydrogens is 306 g/mol. The van der Waals surface area contributed by atoms with Crippen LogP contribution < -0.4 is 0 Å². The maximum atomic E-state index is 12.2. The Labute approximate surface area is 138 Å². The van der Waals surface area contributed by atoms with E-state index in [9.17, 15) is 10.1 Å². The molecule has 2 heterocycles. The lowest BCUT2D eigenvalue weighted by Gasteiger charge is -2.10. The van der Waals surface area contributed by atoms with Gasteiger partial charge < -0.3 is 9.15 Å². The third kappa shape index (κ3) is 3.70. The fraction of sp³-hybridized carbons (Fsp3) is 0.167. The number of carbonyl (C=O) groups is 1. The first-order chi connectivity index (χ1) is 11.8. The van der Waals surface area contributed by atoms with Crippen molar-refractivity contribution in [2.45, 2.75) is 6.42 Å². The second-order valence-corrected chi connectivity index (χ2v) is 5.21. The Morgan fingerprint density at radius 1 is 1.33 bits per heavy atom. The van der Waals surface area contributed by atoms with Crippen LogP contribution in [0.25, 0.3) is 5.69 Å². The third-order valence-corrected chi connectivity index (χ3v) is 3.48. The maximum absolute atomic E-state index is 12.2. The number of furan rings is 1. The zero-order chi connectivity index (χ0) is 16.8. The highest BCUT2D eigenvalue weighted by molar-refractivity contribution is 5.90. The smallest absolute Gasteiger partial charge is 0.338 e. The van der Waals surface area contributed by atoms with Crippen LogP contribution in [0.1, 0.15) is 16.1 Å². The van der Waals surface area contributed by atoms with Gasteiger partial charge in [0.15, 0.2) is 0 Å². The molecule has 0 bridgehead atoms. The minimum absolute atomic E-state index is 0.0159. The van der Waals surface area contributed by atoms with Crippen LogP contribution >= 0.6 is 0 Å². The molecule has 6 nitrogen and oxygen atoms in total. The number of ether oxygens (including phenoxy) is 1. The lowest BCUT2D eigenvalue weighted by atomic mass is 10.1. The summed E-state index contributed by atoms with van der Waals surface area (Å²) in [5.74, 6) is -0.226. The molecular formula is C18H15N3O3. The SMILES string of the molecule is N#CC(COC(=O)c1cccc(-n2cccn2)c1)Cc1ccco1. The van der Waals surface area contributed by atoms with Gasteiger partial charge in [0, 0.05) is 18.8 Å². The van der Waals surface area contributed by atoms with Gasteiger partial charge in [-0.25, -0.2) is 9.48 Å². The van der Waals surface area contributed by atoms with Gasteiger partial charge in [-0.2, -0.15) is 10.4 Å². The molecule has 0 amide bonds. The van der Waals surface area contributed by atoms with Crippen LogP contribution in [0.4, 0.5) is 0 Å². The molecule has 3 aromatic rings. The third-order valence-electron chi connectivity index (χ3n) is 3.48. The Kier molecular flexibility index (Phi) is 4.73. The zero-order valence-electron chi connectivity index (χ0n) is 12.8. The lowest BCUT2D eigenvalue weighted by Crippen LogP contribution is -2.15. The van der Waals surface area contributed by atoms with E-state index in [4.69, 9.17) is 9.15 Å². The van der Waals surface area contributed by atoms with Crippen molar-refractivity contribution in [3.63, 3.8) is 0 Å². The second-order valence-electron chi connectivity index (χ2n) is 5.21. The minimum atomic E-state index is -0.469. The molecule has 3 rings (SSSR count). The fourth-order valence-corrected chi connectivity index (χ4v) is 2.27. The number of hydrogen-bond acceptors (Lipinski definition) is 5. The Morgan fingerprint density at radius 2 is 2.25 bits per heavy atom. The van der Waals surface area contributed by atoms with E-state index in [1.165, 1.54) is 0 Å². The van der Waals surface area contributed by atoms with Crippen LogP contribution in [-0.2, 0) is 11.2 Å². The first-order valence-electron chi connectivity index (χ1n) is 7.45. The van der Waals surface area contributed by atoms with Crippen molar-refractivity contribution in [2.24, 2.45) is 5.92 Å². The minimum Gasteiger partial charge on any atom is -0.469 e. The summed E-state index contributed by atoms with van der Waals surface area (Å²) in [6.07, 6.45) is 5.41. The van der Waals surface area contributed by atoms with E-state index < -0.39 is 11.9 Å². The van der Waals surface area contributed by atoms with Gasteiger partial charge in [0.25, 0.3) is 0 Å². The van der Waals surface area contributed by atoms with Crippen LogP contribution in [0.5, 0.6) is 0 Å². The Balaban J connectivity index is 1.62. The monoisotopic (exact) mass is 321 g/mol. The van der Waals surface area contributed by atoms with Crippen molar-refractivity contribution in [1.29, 1.82) is 5.26 Å². The van der Waals surface area contributed by atoms with E-state index in [0.717, 1.165) is 5.69 Å². The second kappa shape index (κ2) is 7.29. The van der Waals surface area contributed by atoms with E-state index in [0.29, 0.717) is 17.7 Å². The molecule has 0 spiro atoms. The van der Waals surface area contributed by atoms with E-state index >= 15 is 0 Å². The van der Waals surface area contributed by atoms with Gasteiger partial charge in [0.2, 0.25) is 0 Å². The predicted octanol–water partition coefficient (Wildman–Crippen LogP) is 3.00. The highest BCUT2D eigenvalue weighted by Crippen LogP contribution is 2.13. The average molecular weight is 321 g/mol. The summed E-state index contributed by atoms with van der Waals surface area (Å²) >= 11 is 0. The molecule has 0 N–H and O–H groups in total. The largest absolute Gasteiger partial charge is 0.469 e. The summed E-state index contributed by atoms with van der Waals surface area (Å²) in [6, 6.07) is 14.5. The Hall–Kier alpha value is -3.33. The standard InChI is InChI=1S/C18H15N3O3/c19-12-14(10-17-6-2-9-23-17)13-24-18(22)15-4-1-5-16(11-15)21-8-3-7-20-21/h1-9,11,14H,10,13H2. The molecule has 1 atom stereocenters. The number of esters is 1. The van der Waals surface area contributed by atoms with Crippen LogP contribution in [0.15, 0.2) is 65.5 Å². The summed E-state index contributed by atoms with van der Waals surface area (Å²) in [5.41, 5.74) is 1.18. The molecule has 0 saturated heterocycles. The summed E-state index contributed by atoms with van der Waals surface area (Å²) in [5, 5.41) is 13.3. The highest BCUT2D eigenvalue weighted by atomic mass is 16.5. The van der Waals surface area contributed by atoms with Crippen molar-refractivity contribution in [3.8, 4) is 11.8 Å². The first-order valence-corrected chi connectivity index (χ1v) is 7.45. The summed E-state index contributed by atoms with van der Waals surface area (Å²) < 4.78 is 12.1. The van der Waals surface area contributed by atoms with E-state index in [1.807, 2.05) is 6.07 Å². The quantitative estimate of drug-likeness (QED) is 0.652. The van der Waals surface area contributed by atoms with Gasteiger partial charge in [-0.1, -0.05) is 6.07 Å². The van der Waals surface area contributed by atoms with E-state index in [2.05, 4.69) is 11.2 Å². The Morgan fingerprint density at radius 3 is 2.96 bits per heavy atom. The van der Waals surface area contributed by atoms with Crippen molar-refractivity contribution < 1.29 is 13.9 Å². The molecule has 6 heteroatoms. The molecule has 0 radical (unpaired) electrons. The summed E-state index contributed by atoms with van der Waals surface area (Å²) in [4.78, 5) is 12.2. The zero-order valence-corrected chi connectivity index (χ0v) is 12.8. The molecule has 24 heavy (non-hydrogen) atoms. The van der Waals surface area contributed by atoms with Gasteiger partial charge in [0.1, 0.15) is 12.4 Å². The molecule has 0 aliphatic heterocycles. The summed E-state index contributed by atoms with van der Waals surface area (Å²) in [7, 11) is 0. The molecule has 1 unspecified atom stereocenters. The van der Waals surface area contributed by atoms with Gasteiger partial charge >= 0.3 is 5.97 Å². The molecule has 1 aromatic carbocycles. The molecule has 0 saturated carbocycles. The average Bonchev–Trinajstić information content (AvgIpc) is 3.32. The van der Waals surface area contributed by atoms with Gasteiger partial charge in [-0.05, 0) is 36.4 Å². The van der Waals surface area contributed by atoms with Crippen LogP contribution in [0.2, 0.25) is 0 Å². The summed E-state index contributed by atoms with van der Waals surface area (Å²) in [6.45, 7) is 0.0159. The fourth-order valence-electron chi connectivity index (χ4n) is 2.27. The number of carbonyl (C=O) groups excluding carboxylic acids is 1. The normalized spacial score (nSPS) is 11.6. The lowest BCUT2D eigenvalue weighted by molar-refractivity contribution is 0.0465. The Bertz CT molecular complexity index is 833. The van der Waals surface area contributed by atoms with Crippen LogP contribution in [0, 0.1) is 17.2 Å². The number of nitriles is 1. The van der Waals surface area contributed by atoms with Crippen molar-refractivity contribution in [1.82, 2.24) is 9.78 Å². The number of hydrogen-bond donors (Lipinski definition) is 0. The number of rotatable bonds is 6. The highest BCUT2D eigenvalue weighted by Gasteiger charge is 2.15. The van der Waals surface area contributed by atoms with Crippen molar-refractivity contribution in [2.75, 3.05) is 6.61 Å². The van der Waals surface area contributed by atoms with Gasteiger partial charge in [-0.3, -0.25) is 0 Å². The van der Waals surface area contributed by atoms with Gasteiger partial charge in [0.05, 0.1) is 29.5 Å². The molecule has 2 aromatic heterocycles. The molecule has 0 aliphatic rings. The van der Waals surface area contributed by atoms with Crippen molar-refractivity contribution in [3.05, 3.63) is 72.4 Å². The van der Waals surface area contributed by atoms with Crippen LogP contribution in [0.3, 0.4) is 0 Å². The topological polar surface area (TPSA) is 81.0 Å². The van der Waals surface area contributed by atoms with Gasteiger partial charge in [-0.15, -0.1) is 0 Å². The molecule has 0 aliphatic carbocycles.